The van der Waals surface area contributed by atoms with Gasteiger partial charge >= 0.3 is 0 Å². The summed E-state index contributed by atoms with van der Waals surface area (Å²) in [5, 5.41) is 4.08. The summed E-state index contributed by atoms with van der Waals surface area (Å²) < 4.78 is 0. The van der Waals surface area contributed by atoms with E-state index in [0.29, 0.717) is 10.9 Å². The Morgan fingerprint density at radius 3 is 2.21 bits per heavy atom. The molecule has 0 saturated carbocycles. The molecular weight excluding hydrogens is 256 g/mol. The minimum absolute atomic E-state index is 0.197. The average molecular weight is 275 g/mol. The number of halogens is 1. The summed E-state index contributed by atoms with van der Waals surface area (Å²) in [6, 6.07) is 10.7. The van der Waals surface area contributed by atoms with E-state index in [1.807, 2.05) is 0 Å². The first-order valence-corrected chi connectivity index (χ1v) is 6.91. The van der Waals surface area contributed by atoms with Gasteiger partial charge in [-0.15, -0.1) is 0 Å². The molecule has 1 unspecified atom stereocenters. The molecule has 2 aromatic rings. The largest absolute Gasteiger partial charge is 0.376 e. The van der Waals surface area contributed by atoms with Crippen LogP contribution < -0.4 is 5.32 Å². The smallest absolute Gasteiger partial charge is 0.0720 e. The monoisotopic (exact) mass is 274 g/mol. The Labute approximate surface area is 119 Å². The van der Waals surface area contributed by atoms with Crippen LogP contribution in [-0.2, 0) is 0 Å². The summed E-state index contributed by atoms with van der Waals surface area (Å²) in [5.74, 6) is 0.560. The topological polar surface area (TPSA) is 24.9 Å². The molecule has 0 spiro atoms. The molecule has 2 rings (SSSR count). The van der Waals surface area contributed by atoms with Crippen molar-refractivity contribution in [2.75, 3.05) is 5.32 Å². The number of benzene rings is 1. The Hall–Kier alpha value is -1.54. The third kappa shape index (κ3) is 3.48. The van der Waals surface area contributed by atoms with Crippen LogP contribution in [0.4, 0.5) is 5.69 Å². The van der Waals surface area contributed by atoms with E-state index in [-0.39, 0.29) is 6.04 Å². The fourth-order valence-electron chi connectivity index (χ4n) is 1.97. The highest BCUT2D eigenvalue weighted by Gasteiger charge is 2.08. The number of aromatic nitrogens is 1. The van der Waals surface area contributed by atoms with Crippen LogP contribution in [0.15, 0.2) is 42.7 Å². The van der Waals surface area contributed by atoms with Crippen molar-refractivity contribution in [3.05, 3.63) is 58.9 Å². The van der Waals surface area contributed by atoms with Gasteiger partial charge in [0.25, 0.3) is 0 Å². The van der Waals surface area contributed by atoms with Crippen molar-refractivity contribution < 1.29 is 0 Å². The molecule has 1 aromatic carbocycles. The molecule has 0 radical (unpaired) electrons. The fourth-order valence-corrected chi connectivity index (χ4v) is 2.13. The number of hydrogen-bond donors (Lipinski definition) is 1. The number of nitrogens with one attached hydrogen (secondary N) is 1. The maximum atomic E-state index is 6.12. The fraction of sp³-hybridized carbons (Fsp3) is 0.312. The molecule has 0 fully saturated rings. The molecule has 100 valence electrons. The SMILES string of the molecule is CC(C)c1ccc(C(C)Nc2cnccc2Cl)cc1. The maximum Gasteiger partial charge on any atom is 0.0720 e. The second kappa shape index (κ2) is 6.07. The van der Waals surface area contributed by atoms with Gasteiger partial charge in [0.15, 0.2) is 0 Å². The normalized spacial score (nSPS) is 12.5. The van der Waals surface area contributed by atoms with Crippen molar-refractivity contribution in [2.24, 2.45) is 0 Å². The second-order valence-electron chi connectivity index (χ2n) is 5.04. The first-order chi connectivity index (χ1) is 9.08. The summed E-state index contributed by atoms with van der Waals surface area (Å²) in [6.45, 7) is 6.52. The van der Waals surface area contributed by atoms with Gasteiger partial charge in [0, 0.05) is 12.2 Å². The molecule has 0 aliphatic rings. The lowest BCUT2D eigenvalue weighted by Gasteiger charge is -2.17. The Bertz CT molecular complexity index is 535. The predicted molar refractivity (Wildman–Crippen MR) is 81.8 cm³/mol. The van der Waals surface area contributed by atoms with Crippen LogP contribution in [0, 0.1) is 0 Å². The molecule has 19 heavy (non-hydrogen) atoms. The van der Waals surface area contributed by atoms with Crippen molar-refractivity contribution in [1.82, 2.24) is 4.98 Å². The molecule has 1 heterocycles. The third-order valence-electron chi connectivity index (χ3n) is 3.24. The van der Waals surface area contributed by atoms with E-state index in [9.17, 15) is 0 Å². The minimum Gasteiger partial charge on any atom is -0.376 e. The van der Waals surface area contributed by atoms with Gasteiger partial charge in [-0.1, -0.05) is 49.7 Å². The molecule has 2 nitrogen and oxygen atoms in total. The highest BCUT2D eigenvalue weighted by atomic mass is 35.5. The Morgan fingerprint density at radius 2 is 1.63 bits per heavy atom. The van der Waals surface area contributed by atoms with E-state index in [2.05, 4.69) is 55.3 Å². The zero-order valence-corrected chi connectivity index (χ0v) is 12.3. The number of pyridine rings is 1. The molecule has 0 saturated heterocycles. The predicted octanol–water partition coefficient (Wildman–Crippen LogP) is 5.03. The molecule has 0 aliphatic heterocycles. The Balaban J connectivity index is 2.12. The zero-order chi connectivity index (χ0) is 13.8. The summed E-state index contributed by atoms with van der Waals surface area (Å²) >= 11 is 6.12. The van der Waals surface area contributed by atoms with Crippen molar-refractivity contribution in [3.8, 4) is 0 Å². The Kier molecular flexibility index (Phi) is 4.43. The summed E-state index contributed by atoms with van der Waals surface area (Å²) in [7, 11) is 0. The van der Waals surface area contributed by atoms with Gasteiger partial charge in [-0.3, -0.25) is 4.98 Å². The van der Waals surface area contributed by atoms with E-state index in [1.165, 1.54) is 11.1 Å². The van der Waals surface area contributed by atoms with E-state index in [0.717, 1.165) is 5.69 Å². The third-order valence-corrected chi connectivity index (χ3v) is 3.57. The second-order valence-corrected chi connectivity index (χ2v) is 5.45. The van der Waals surface area contributed by atoms with Gasteiger partial charge in [-0.2, -0.15) is 0 Å². The van der Waals surface area contributed by atoms with Crippen LogP contribution in [0.25, 0.3) is 0 Å². The lowest BCUT2D eigenvalue weighted by Crippen LogP contribution is -2.07. The first kappa shape index (κ1) is 13.9. The summed E-state index contributed by atoms with van der Waals surface area (Å²) in [6.07, 6.45) is 3.44. The number of anilines is 1. The van der Waals surface area contributed by atoms with Crippen molar-refractivity contribution in [1.29, 1.82) is 0 Å². The molecule has 3 heteroatoms. The highest BCUT2D eigenvalue weighted by Crippen LogP contribution is 2.25. The van der Waals surface area contributed by atoms with Crippen LogP contribution in [-0.4, -0.2) is 4.98 Å². The molecule has 1 N–H and O–H groups in total. The quantitative estimate of drug-likeness (QED) is 0.846. The molecule has 0 aliphatic carbocycles. The van der Waals surface area contributed by atoms with Crippen molar-refractivity contribution in [3.63, 3.8) is 0 Å². The number of rotatable bonds is 4. The van der Waals surface area contributed by atoms with Gasteiger partial charge in [0.2, 0.25) is 0 Å². The first-order valence-electron chi connectivity index (χ1n) is 6.54. The minimum atomic E-state index is 0.197. The van der Waals surface area contributed by atoms with Crippen LogP contribution in [0.3, 0.4) is 0 Å². The van der Waals surface area contributed by atoms with Gasteiger partial charge in [-0.25, -0.2) is 0 Å². The van der Waals surface area contributed by atoms with Gasteiger partial charge < -0.3 is 5.32 Å². The molecule has 0 amide bonds. The van der Waals surface area contributed by atoms with E-state index in [1.54, 1.807) is 18.5 Å². The van der Waals surface area contributed by atoms with Crippen LogP contribution in [0.1, 0.15) is 43.9 Å². The van der Waals surface area contributed by atoms with Gasteiger partial charge in [0.1, 0.15) is 0 Å². The van der Waals surface area contributed by atoms with E-state index in [4.69, 9.17) is 11.6 Å². The molecule has 1 aromatic heterocycles. The molecule has 0 bridgehead atoms. The van der Waals surface area contributed by atoms with Crippen molar-refractivity contribution >= 4 is 17.3 Å². The molecule has 1 atom stereocenters. The lowest BCUT2D eigenvalue weighted by atomic mass is 9.99. The zero-order valence-electron chi connectivity index (χ0n) is 11.5. The molecular formula is C16H19ClN2. The number of nitrogens with zero attached hydrogens (tertiary/aromatic N) is 1. The highest BCUT2D eigenvalue weighted by molar-refractivity contribution is 6.33. The number of hydrogen-bond acceptors (Lipinski definition) is 2. The van der Waals surface area contributed by atoms with Gasteiger partial charge in [-0.05, 0) is 30.0 Å². The van der Waals surface area contributed by atoms with E-state index < -0.39 is 0 Å². The van der Waals surface area contributed by atoms with E-state index >= 15 is 0 Å². The van der Waals surface area contributed by atoms with Crippen molar-refractivity contribution in [2.45, 2.75) is 32.7 Å². The Morgan fingerprint density at radius 1 is 1.00 bits per heavy atom. The van der Waals surface area contributed by atoms with Gasteiger partial charge in [0.05, 0.1) is 16.9 Å². The van der Waals surface area contributed by atoms with Crippen LogP contribution >= 0.6 is 11.6 Å². The van der Waals surface area contributed by atoms with Crippen LogP contribution in [0.2, 0.25) is 5.02 Å². The average Bonchev–Trinajstić information content (AvgIpc) is 2.41. The maximum absolute atomic E-state index is 6.12. The summed E-state index contributed by atoms with van der Waals surface area (Å²) in [5.41, 5.74) is 3.46. The standard InChI is InChI=1S/C16H19ClN2/c1-11(2)13-4-6-14(7-5-13)12(3)19-16-10-18-9-8-15(16)17/h4-12,19H,1-3H3. The summed E-state index contributed by atoms with van der Waals surface area (Å²) in [4.78, 5) is 4.08. The lowest BCUT2D eigenvalue weighted by molar-refractivity contribution is 0.851. The van der Waals surface area contributed by atoms with Crippen LogP contribution in [0.5, 0.6) is 0 Å².